The molecule has 0 fully saturated rings. The van der Waals surface area contributed by atoms with Crippen molar-refractivity contribution in [1.82, 2.24) is 5.32 Å². The highest BCUT2D eigenvalue weighted by molar-refractivity contribution is 8.00. The summed E-state index contributed by atoms with van der Waals surface area (Å²) < 4.78 is 4.49. The van der Waals surface area contributed by atoms with Crippen LogP contribution >= 0.6 is 46.6 Å². The summed E-state index contributed by atoms with van der Waals surface area (Å²) in [5, 5.41) is 2.68. The number of rotatable bonds is 4. The van der Waals surface area contributed by atoms with Crippen LogP contribution in [0.1, 0.15) is 0 Å². The maximum Gasteiger partial charge on any atom is 0.407 e. The van der Waals surface area contributed by atoms with Gasteiger partial charge in [-0.05, 0) is 24.3 Å². The zero-order valence-electron chi connectivity index (χ0n) is 8.82. The Hall–Kier alpha value is -0.290. The predicted octanol–water partition coefficient (Wildman–Crippen LogP) is 3.92. The van der Waals surface area contributed by atoms with Crippen molar-refractivity contribution in [3.05, 3.63) is 29.3 Å². The predicted molar refractivity (Wildman–Crippen MR) is 72.1 cm³/mol. The van der Waals surface area contributed by atoms with Gasteiger partial charge in [0.05, 0.1) is 7.11 Å². The van der Waals surface area contributed by atoms with E-state index < -0.39 is 16.3 Å². The van der Waals surface area contributed by atoms with Crippen LogP contribution in [0.2, 0.25) is 5.02 Å². The van der Waals surface area contributed by atoms with Crippen molar-refractivity contribution in [2.45, 2.75) is 15.1 Å². The van der Waals surface area contributed by atoms with E-state index in [0.717, 1.165) is 4.90 Å². The molecule has 1 atom stereocenters. The molecule has 0 bridgehead atoms. The summed E-state index contributed by atoms with van der Waals surface area (Å²) in [6.07, 6.45) is -0.581. The molecule has 0 spiro atoms. The van der Waals surface area contributed by atoms with Crippen LogP contribution in [0.15, 0.2) is 29.2 Å². The molecule has 0 saturated heterocycles. The highest BCUT2D eigenvalue weighted by Crippen LogP contribution is 2.28. The van der Waals surface area contributed by atoms with Crippen LogP contribution in [0.25, 0.3) is 0 Å². The van der Waals surface area contributed by atoms with E-state index in [0.29, 0.717) is 5.02 Å². The van der Waals surface area contributed by atoms with Gasteiger partial charge < -0.3 is 10.1 Å². The summed E-state index contributed by atoms with van der Waals surface area (Å²) in [5.74, 6) is 0. The molecule has 0 aliphatic heterocycles. The highest BCUT2D eigenvalue weighted by atomic mass is 35.5. The minimum absolute atomic E-state index is 0.494. The maximum atomic E-state index is 11.1. The van der Waals surface area contributed by atoms with Crippen LogP contribution in [0.5, 0.6) is 0 Å². The molecule has 0 radical (unpaired) electrons. The van der Waals surface area contributed by atoms with E-state index in [2.05, 4.69) is 10.1 Å². The molecule has 1 aromatic carbocycles. The van der Waals surface area contributed by atoms with E-state index in [1.54, 1.807) is 12.1 Å². The Kier molecular flexibility index (Phi) is 6.27. The van der Waals surface area contributed by atoms with E-state index in [4.69, 9.17) is 34.8 Å². The lowest BCUT2D eigenvalue weighted by atomic mass is 10.4. The van der Waals surface area contributed by atoms with Crippen molar-refractivity contribution >= 4 is 52.7 Å². The van der Waals surface area contributed by atoms with Gasteiger partial charge in [-0.1, -0.05) is 23.4 Å². The number of thioether (sulfide) groups is 1. The first kappa shape index (κ1) is 14.8. The van der Waals surface area contributed by atoms with E-state index >= 15 is 0 Å². The lowest BCUT2D eigenvalue weighted by molar-refractivity contribution is 0.170. The fourth-order valence-electron chi connectivity index (χ4n) is 0.979. The number of halogens is 3. The number of amides is 1. The topological polar surface area (TPSA) is 38.3 Å². The van der Waals surface area contributed by atoms with Crippen molar-refractivity contribution in [2.75, 3.05) is 7.11 Å². The molecule has 0 aliphatic carbocycles. The van der Waals surface area contributed by atoms with Crippen LogP contribution in [0.3, 0.4) is 0 Å². The number of carbonyl (C=O) groups is 1. The van der Waals surface area contributed by atoms with Gasteiger partial charge in [-0.25, -0.2) is 4.79 Å². The number of alkyl halides is 2. The molecule has 0 aromatic heterocycles. The van der Waals surface area contributed by atoms with Crippen LogP contribution in [0, 0.1) is 0 Å². The van der Waals surface area contributed by atoms with Crippen molar-refractivity contribution in [3.63, 3.8) is 0 Å². The van der Waals surface area contributed by atoms with Crippen LogP contribution in [-0.2, 0) is 4.74 Å². The monoisotopic (exact) mass is 313 g/mol. The Morgan fingerprint density at radius 3 is 2.41 bits per heavy atom. The zero-order valence-corrected chi connectivity index (χ0v) is 11.9. The average Bonchev–Trinajstić information content (AvgIpc) is 2.30. The Bertz CT molecular complexity index is 372. The first-order valence-electron chi connectivity index (χ1n) is 4.58. The normalized spacial score (nSPS) is 12.3. The number of nitrogens with one attached hydrogen (secondary N) is 1. The number of alkyl carbamates (subject to hydrolysis) is 1. The van der Waals surface area contributed by atoms with Gasteiger partial charge in [0.1, 0.15) is 10.2 Å². The van der Waals surface area contributed by atoms with Gasteiger partial charge in [-0.3, -0.25) is 0 Å². The molecule has 1 aromatic rings. The van der Waals surface area contributed by atoms with Crippen LogP contribution in [0.4, 0.5) is 4.79 Å². The second kappa shape index (κ2) is 7.21. The van der Waals surface area contributed by atoms with Crippen molar-refractivity contribution in [2.24, 2.45) is 0 Å². The summed E-state index contributed by atoms with van der Waals surface area (Å²) in [6.45, 7) is 0. The molecule has 94 valence electrons. The molecule has 7 heteroatoms. The quantitative estimate of drug-likeness (QED) is 0.520. The Morgan fingerprint density at radius 2 is 1.94 bits per heavy atom. The Labute approximate surface area is 119 Å². The molecule has 17 heavy (non-hydrogen) atoms. The standard InChI is InChI=1S/C10H10Cl3NO2S/c1-16-10(15)14-9(8(12)13)17-7-4-2-6(11)3-5-7/h2-5,8-9H,1H3,(H,14,15). The smallest absolute Gasteiger partial charge is 0.407 e. The van der Waals surface area contributed by atoms with Gasteiger partial charge in [-0.15, -0.1) is 23.2 Å². The second-order valence-corrected chi connectivity index (χ2v) is 5.78. The minimum Gasteiger partial charge on any atom is -0.453 e. The Balaban J connectivity index is 2.66. The molecule has 0 aliphatic rings. The molecule has 1 unspecified atom stereocenters. The van der Waals surface area contributed by atoms with Crippen LogP contribution in [-0.4, -0.2) is 23.4 Å². The summed E-state index contributed by atoms with van der Waals surface area (Å²) in [4.78, 5) is 11.2. The summed E-state index contributed by atoms with van der Waals surface area (Å²) >= 11 is 18.6. The van der Waals surface area contributed by atoms with Crippen molar-refractivity contribution in [3.8, 4) is 0 Å². The third kappa shape index (κ3) is 5.25. The SMILES string of the molecule is COC(=O)NC(Sc1ccc(Cl)cc1)C(Cl)Cl. The second-order valence-electron chi connectivity index (χ2n) is 2.96. The van der Waals surface area contributed by atoms with E-state index in [1.165, 1.54) is 18.9 Å². The van der Waals surface area contributed by atoms with Gasteiger partial charge in [-0.2, -0.15) is 0 Å². The molecule has 1 amide bonds. The largest absolute Gasteiger partial charge is 0.453 e. The van der Waals surface area contributed by atoms with E-state index in [-0.39, 0.29) is 0 Å². The number of benzene rings is 1. The summed E-state index contributed by atoms with van der Waals surface area (Å²) in [5.41, 5.74) is 0. The van der Waals surface area contributed by atoms with Gasteiger partial charge in [0.15, 0.2) is 0 Å². The number of hydrogen-bond donors (Lipinski definition) is 1. The molecule has 0 saturated carbocycles. The van der Waals surface area contributed by atoms with Gasteiger partial charge in [0, 0.05) is 9.92 Å². The third-order valence-electron chi connectivity index (χ3n) is 1.75. The fourth-order valence-corrected chi connectivity index (χ4v) is 2.38. The molecule has 1 N–H and O–H groups in total. The van der Waals surface area contributed by atoms with Gasteiger partial charge in [0.2, 0.25) is 0 Å². The zero-order chi connectivity index (χ0) is 12.8. The van der Waals surface area contributed by atoms with E-state index in [9.17, 15) is 4.79 Å². The van der Waals surface area contributed by atoms with Gasteiger partial charge >= 0.3 is 6.09 Å². The third-order valence-corrected chi connectivity index (χ3v) is 3.99. The number of ether oxygens (including phenoxy) is 1. The lowest BCUT2D eigenvalue weighted by Gasteiger charge is -2.18. The van der Waals surface area contributed by atoms with Crippen molar-refractivity contribution in [1.29, 1.82) is 0 Å². The molecular weight excluding hydrogens is 305 g/mol. The highest BCUT2D eigenvalue weighted by Gasteiger charge is 2.20. The first-order valence-corrected chi connectivity index (χ1v) is 6.71. The minimum atomic E-state index is -0.755. The van der Waals surface area contributed by atoms with Crippen molar-refractivity contribution < 1.29 is 9.53 Å². The summed E-state index contributed by atoms with van der Waals surface area (Å²) in [7, 11) is 1.27. The molecular formula is C10H10Cl3NO2S. The summed E-state index contributed by atoms with van der Waals surface area (Å²) in [6, 6.07) is 7.12. The van der Waals surface area contributed by atoms with E-state index in [1.807, 2.05) is 12.1 Å². The number of methoxy groups -OCH3 is 1. The fraction of sp³-hybridized carbons (Fsp3) is 0.300. The molecule has 0 heterocycles. The average molecular weight is 315 g/mol. The first-order chi connectivity index (χ1) is 8.02. The number of carbonyl (C=O) groups excluding carboxylic acids is 1. The lowest BCUT2D eigenvalue weighted by Crippen LogP contribution is -2.36. The maximum absolute atomic E-state index is 11.1. The van der Waals surface area contributed by atoms with Gasteiger partial charge in [0.25, 0.3) is 0 Å². The van der Waals surface area contributed by atoms with Crippen LogP contribution < -0.4 is 5.32 Å². The molecule has 3 nitrogen and oxygen atoms in total. The molecule has 1 rings (SSSR count). The number of hydrogen-bond acceptors (Lipinski definition) is 3. The Morgan fingerprint density at radius 1 is 1.35 bits per heavy atom.